The molecule has 0 saturated heterocycles. The normalized spacial score (nSPS) is 9.77. The molecule has 3 heteroatoms. The maximum absolute atomic E-state index is 10.9. The highest BCUT2D eigenvalue weighted by atomic mass is 32.2. The van der Waals surface area contributed by atoms with E-state index in [0.717, 1.165) is 10.6 Å². The van der Waals surface area contributed by atoms with Gasteiger partial charge in [0.1, 0.15) is 0 Å². The summed E-state index contributed by atoms with van der Waals surface area (Å²) in [5.41, 5.74) is 2.10. The predicted molar refractivity (Wildman–Crippen MR) is 57.3 cm³/mol. The molecule has 1 aromatic carbocycles. The molecule has 0 spiro atoms. The lowest BCUT2D eigenvalue weighted by Crippen LogP contribution is -2.07. The average molecular weight is 195 g/mol. The molecule has 13 heavy (non-hydrogen) atoms. The number of rotatable bonds is 2. The molecule has 1 aromatic rings. The molecular weight excluding hydrogens is 182 g/mol. The van der Waals surface area contributed by atoms with Gasteiger partial charge in [0.05, 0.1) is 5.69 Å². The van der Waals surface area contributed by atoms with Gasteiger partial charge >= 0.3 is 0 Å². The molecule has 0 bridgehead atoms. The van der Waals surface area contributed by atoms with Gasteiger partial charge in [0.15, 0.2) is 0 Å². The van der Waals surface area contributed by atoms with Crippen LogP contribution in [0.5, 0.6) is 0 Å². The molecule has 0 aliphatic heterocycles. The van der Waals surface area contributed by atoms with Gasteiger partial charge in [-0.05, 0) is 24.8 Å². The number of carbonyl (C=O) groups is 1. The zero-order chi connectivity index (χ0) is 9.84. The quantitative estimate of drug-likeness (QED) is 0.735. The smallest absolute Gasteiger partial charge is 0.221 e. The molecule has 0 aliphatic carbocycles. The SMILES string of the molecule is CSc1c(C)cccc1NC(C)=O. The molecule has 0 aliphatic rings. The van der Waals surface area contributed by atoms with Gasteiger partial charge in [0, 0.05) is 11.8 Å². The minimum atomic E-state index is -0.0269. The summed E-state index contributed by atoms with van der Waals surface area (Å²) in [6.45, 7) is 3.56. The third kappa shape index (κ3) is 2.49. The lowest BCUT2D eigenvalue weighted by Gasteiger charge is -2.09. The third-order valence-corrected chi connectivity index (χ3v) is 2.68. The van der Waals surface area contributed by atoms with Crippen LogP contribution in [0.1, 0.15) is 12.5 Å². The second-order valence-corrected chi connectivity index (χ2v) is 3.65. The molecule has 70 valence electrons. The van der Waals surface area contributed by atoms with Crippen molar-refractivity contribution in [3.63, 3.8) is 0 Å². The maximum Gasteiger partial charge on any atom is 0.221 e. The third-order valence-electron chi connectivity index (χ3n) is 1.73. The Morgan fingerprint density at radius 2 is 2.15 bits per heavy atom. The van der Waals surface area contributed by atoms with Crippen molar-refractivity contribution < 1.29 is 4.79 Å². The summed E-state index contributed by atoms with van der Waals surface area (Å²) >= 11 is 1.65. The van der Waals surface area contributed by atoms with Gasteiger partial charge in [-0.15, -0.1) is 11.8 Å². The molecule has 1 N–H and O–H groups in total. The second kappa shape index (κ2) is 4.33. The fourth-order valence-electron chi connectivity index (χ4n) is 1.21. The first-order chi connectivity index (χ1) is 6.15. The molecule has 1 amide bonds. The highest BCUT2D eigenvalue weighted by Gasteiger charge is 2.04. The highest BCUT2D eigenvalue weighted by molar-refractivity contribution is 7.98. The Morgan fingerprint density at radius 3 is 2.69 bits per heavy atom. The van der Waals surface area contributed by atoms with E-state index in [1.807, 2.05) is 31.4 Å². The van der Waals surface area contributed by atoms with Crippen LogP contribution in [-0.4, -0.2) is 12.2 Å². The monoisotopic (exact) mass is 195 g/mol. The van der Waals surface area contributed by atoms with Crippen LogP contribution in [0, 0.1) is 6.92 Å². The van der Waals surface area contributed by atoms with Crippen LogP contribution in [0.4, 0.5) is 5.69 Å². The van der Waals surface area contributed by atoms with Gasteiger partial charge in [0.25, 0.3) is 0 Å². The maximum atomic E-state index is 10.9. The van der Waals surface area contributed by atoms with Gasteiger partial charge in [-0.3, -0.25) is 4.79 Å². The molecule has 0 radical (unpaired) electrons. The predicted octanol–water partition coefficient (Wildman–Crippen LogP) is 2.68. The first kappa shape index (κ1) is 10.1. The summed E-state index contributed by atoms with van der Waals surface area (Å²) in [6, 6.07) is 5.90. The van der Waals surface area contributed by atoms with Crippen molar-refractivity contribution in [2.45, 2.75) is 18.7 Å². The summed E-state index contributed by atoms with van der Waals surface area (Å²) in [6.07, 6.45) is 2.01. The number of anilines is 1. The lowest BCUT2D eigenvalue weighted by atomic mass is 10.2. The zero-order valence-electron chi connectivity index (χ0n) is 8.05. The fraction of sp³-hybridized carbons (Fsp3) is 0.300. The van der Waals surface area contributed by atoms with Crippen molar-refractivity contribution in [3.8, 4) is 0 Å². The van der Waals surface area contributed by atoms with E-state index in [9.17, 15) is 4.79 Å². The zero-order valence-corrected chi connectivity index (χ0v) is 8.87. The van der Waals surface area contributed by atoms with E-state index in [1.165, 1.54) is 12.5 Å². The van der Waals surface area contributed by atoms with Gasteiger partial charge in [0.2, 0.25) is 5.91 Å². The lowest BCUT2D eigenvalue weighted by molar-refractivity contribution is -0.114. The molecule has 2 nitrogen and oxygen atoms in total. The molecular formula is C10H13NOS. The van der Waals surface area contributed by atoms with E-state index in [0.29, 0.717) is 0 Å². The summed E-state index contributed by atoms with van der Waals surface area (Å²) in [4.78, 5) is 12.0. The van der Waals surface area contributed by atoms with Crippen LogP contribution >= 0.6 is 11.8 Å². The number of benzene rings is 1. The van der Waals surface area contributed by atoms with Crippen molar-refractivity contribution >= 4 is 23.4 Å². The Kier molecular flexibility index (Phi) is 3.37. The Morgan fingerprint density at radius 1 is 1.46 bits per heavy atom. The van der Waals surface area contributed by atoms with Crippen molar-refractivity contribution in [1.82, 2.24) is 0 Å². The van der Waals surface area contributed by atoms with Crippen molar-refractivity contribution in [1.29, 1.82) is 0 Å². The first-order valence-corrected chi connectivity index (χ1v) is 5.29. The number of nitrogens with one attached hydrogen (secondary N) is 1. The molecule has 0 aromatic heterocycles. The Labute approximate surface area is 82.7 Å². The van der Waals surface area contributed by atoms with Crippen LogP contribution in [0.2, 0.25) is 0 Å². The standard InChI is InChI=1S/C10H13NOS/c1-7-5-4-6-9(10(7)13-3)11-8(2)12/h4-6H,1-3H3,(H,11,12). The number of hydrogen-bond acceptors (Lipinski definition) is 2. The minimum absolute atomic E-state index is 0.0269. The summed E-state index contributed by atoms with van der Waals surface area (Å²) in [7, 11) is 0. The van der Waals surface area contributed by atoms with Crippen LogP contribution in [0.15, 0.2) is 23.1 Å². The van der Waals surface area contributed by atoms with Gasteiger partial charge in [-0.25, -0.2) is 0 Å². The van der Waals surface area contributed by atoms with E-state index in [2.05, 4.69) is 5.32 Å². The average Bonchev–Trinajstić information content (AvgIpc) is 2.03. The van der Waals surface area contributed by atoms with Gasteiger partial charge in [-0.1, -0.05) is 12.1 Å². The van der Waals surface area contributed by atoms with E-state index >= 15 is 0 Å². The molecule has 1 rings (SSSR count). The Balaban J connectivity index is 3.05. The molecule has 0 unspecified atom stereocenters. The number of aryl methyl sites for hydroxylation is 1. The van der Waals surface area contributed by atoms with Crippen LogP contribution in [-0.2, 0) is 4.79 Å². The van der Waals surface area contributed by atoms with Gasteiger partial charge < -0.3 is 5.32 Å². The molecule has 0 atom stereocenters. The topological polar surface area (TPSA) is 29.1 Å². The summed E-state index contributed by atoms with van der Waals surface area (Å²) < 4.78 is 0. The Hall–Kier alpha value is -0.960. The number of hydrogen-bond donors (Lipinski definition) is 1. The van der Waals surface area contributed by atoms with Crippen LogP contribution in [0.25, 0.3) is 0 Å². The highest BCUT2D eigenvalue weighted by Crippen LogP contribution is 2.28. The molecule has 0 fully saturated rings. The number of carbonyl (C=O) groups excluding carboxylic acids is 1. The molecule has 0 heterocycles. The number of amides is 1. The molecule has 0 saturated carbocycles. The summed E-state index contributed by atoms with van der Waals surface area (Å²) in [5.74, 6) is -0.0269. The van der Waals surface area contributed by atoms with Gasteiger partial charge in [-0.2, -0.15) is 0 Å². The largest absolute Gasteiger partial charge is 0.325 e. The van der Waals surface area contributed by atoms with Crippen molar-refractivity contribution in [2.75, 3.05) is 11.6 Å². The van der Waals surface area contributed by atoms with E-state index in [1.54, 1.807) is 11.8 Å². The van der Waals surface area contributed by atoms with E-state index in [4.69, 9.17) is 0 Å². The minimum Gasteiger partial charge on any atom is -0.325 e. The van der Waals surface area contributed by atoms with Crippen LogP contribution in [0.3, 0.4) is 0 Å². The van der Waals surface area contributed by atoms with Crippen molar-refractivity contribution in [3.05, 3.63) is 23.8 Å². The fourth-order valence-corrected chi connectivity index (χ4v) is 1.94. The first-order valence-electron chi connectivity index (χ1n) is 4.06. The van der Waals surface area contributed by atoms with Crippen LogP contribution < -0.4 is 5.32 Å². The Bertz CT molecular complexity index is 323. The number of thioether (sulfide) groups is 1. The van der Waals surface area contributed by atoms with E-state index < -0.39 is 0 Å². The van der Waals surface area contributed by atoms with E-state index in [-0.39, 0.29) is 5.91 Å². The summed E-state index contributed by atoms with van der Waals surface area (Å²) in [5, 5.41) is 2.81. The second-order valence-electron chi connectivity index (χ2n) is 2.84. The van der Waals surface area contributed by atoms with Crippen molar-refractivity contribution in [2.24, 2.45) is 0 Å².